The summed E-state index contributed by atoms with van der Waals surface area (Å²) in [7, 11) is 0. The lowest BCUT2D eigenvalue weighted by molar-refractivity contribution is -0.00834. The molecule has 0 spiro atoms. The van der Waals surface area contributed by atoms with Crippen LogP contribution >= 0.6 is 0 Å². The smallest absolute Gasteiger partial charge is 0.0951 e. The van der Waals surface area contributed by atoms with Crippen molar-refractivity contribution in [3.05, 3.63) is 0 Å². The van der Waals surface area contributed by atoms with Crippen molar-refractivity contribution in [1.82, 2.24) is 4.90 Å². The van der Waals surface area contributed by atoms with Crippen molar-refractivity contribution >= 4 is 0 Å². The highest BCUT2D eigenvalue weighted by molar-refractivity contribution is 4.94. The van der Waals surface area contributed by atoms with Crippen LogP contribution in [0.5, 0.6) is 0 Å². The van der Waals surface area contributed by atoms with E-state index in [1.54, 1.807) is 0 Å². The number of aliphatic hydroxyl groups is 1. The van der Waals surface area contributed by atoms with Crippen molar-refractivity contribution in [2.75, 3.05) is 13.1 Å². The zero-order valence-corrected chi connectivity index (χ0v) is 7.41. The van der Waals surface area contributed by atoms with Gasteiger partial charge in [0.2, 0.25) is 0 Å². The summed E-state index contributed by atoms with van der Waals surface area (Å²) in [6.07, 6.45) is -0.194. The Labute approximate surface area is 68.2 Å². The Bertz CT molecular complexity index is 136. The molecule has 3 nitrogen and oxygen atoms in total. The highest BCUT2D eigenvalue weighted by Crippen LogP contribution is 2.10. The van der Waals surface area contributed by atoms with E-state index >= 15 is 0 Å². The van der Waals surface area contributed by atoms with Gasteiger partial charge in [-0.05, 0) is 6.92 Å². The van der Waals surface area contributed by atoms with Gasteiger partial charge >= 0.3 is 0 Å². The van der Waals surface area contributed by atoms with E-state index in [-0.39, 0.29) is 12.1 Å². The minimum atomic E-state index is -0.194. The molecule has 0 bridgehead atoms. The Morgan fingerprint density at radius 1 is 1.55 bits per heavy atom. The number of β-amino-alcohol motifs (C(OH)–C–C–N with tert-alkyl or cyclic N) is 1. The summed E-state index contributed by atoms with van der Waals surface area (Å²) in [6.45, 7) is 7.16. The zero-order valence-electron chi connectivity index (χ0n) is 7.41. The van der Waals surface area contributed by atoms with E-state index in [4.69, 9.17) is 10.4 Å². The summed E-state index contributed by atoms with van der Waals surface area (Å²) in [6, 6.07) is 2.07. The summed E-state index contributed by atoms with van der Waals surface area (Å²) in [5.41, 5.74) is 0. The zero-order chi connectivity index (χ0) is 8.85. The third kappa shape index (κ3) is 2.87. The fraction of sp³-hybridized carbons (Fsp3) is 0.875. The first-order chi connectivity index (χ1) is 5.24. The quantitative estimate of drug-likeness (QED) is 0.604. The molecule has 1 aliphatic heterocycles. The summed E-state index contributed by atoms with van der Waals surface area (Å²) >= 11 is 0. The van der Waals surface area contributed by atoms with Crippen molar-refractivity contribution in [1.29, 1.82) is 5.26 Å². The van der Waals surface area contributed by atoms with Gasteiger partial charge in [0.05, 0.1) is 18.2 Å². The van der Waals surface area contributed by atoms with E-state index in [0.717, 1.165) is 0 Å². The fourth-order valence-corrected chi connectivity index (χ4v) is 0.886. The summed E-state index contributed by atoms with van der Waals surface area (Å²) in [5.74, 6) is 0. The van der Waals surface area contributed by atoms with E-state index in [1.165, 1.54) is 0 Å². The van der Waals surface area contributed by atoms with Gasteiger partial charge in [0.15, 0.2) is 0 Å². The predicted molar refractivity (Wildman–Crippen MR) is 44.0 cm³/mol. The second-order valence-corrected chi connectivity index (χ2v) is 2.41. The third-order valence-electron chi connectivity index (χ3n) is 1.63. The Morgan fingerprint density at radius 2 is 2.00 bits per heavy atom. The number of likely N-dealkylation sites (tertiary alicyclic amines) is 1. The molecule has 0 aliphatic carbocycles. The molecule has 0 radical (unpaired) electrons. The van der Waals surface area contributed by atoms with E-state index in [2.05, 4.69) is 6.07 Å². The van der Waals surface area contributed by atoms with Crippen LogP contribution in [-0.4, -0.2) is 35.2 Å². The molecular weight excluding hydrogens is 140 g/mol. The van der Waals surface area contributed by atoms with Gasteiger partial charge in [-0.1, -0.05) is 13.8 Å². The van der Waals surface area contributed by atoms with E-state index < -0.39 is 0 Å². The van der Waals surface area contributed by atoms with Gasteiger partial charge in [0.25, 0.3) is 0 Å². The number of hydrogen-bond donors (Lipinski definition) is 1. The van der Waals surface area contributed by atoms with Gasteiger partial charge in [-0.2, -0.15) is 5.26 Å². The maximum atomic E-state index is 8.81. The molecule has 1 atom stereocenters. The maximum Gasteiger partial charge on any atom is 0.0951 e. The molecule has 1 saturated heterocycles. The maximum absolute atomic E-state index is 8.81. The van der Waals surface area contributed by atoms with E-state index in [0.29, 0.717) is 13.1 Å². The number of aliphatic hydroxyl groups excluding tert-OH is 1. The number of nitrogens with zero attached hydrogens (tertiary/aromatic N) is 2. The van der Waals surface area contributed by atoms with Crippen LogP contribution in [0.3, 0.4) is 0 Å². The SMILES string of the molecule is CC.CC(C#N)N1CC(O)C1. The lowest BCUT2D eigenvalue weighted by Crippen LogP contribution is -2.54. The average molecular weight is 156 g/mol. The molecule has 0 saturated carbocycles. The molecule has 1 heterocycles. The van der Waals surface area contributed by atoms with Gasteiger partial charge in [-0.15, -0.1) is 0 Å². The van der Waals surface area contributed by atoms with Crippen LogP contribution in [0.2, 0.25) is 0 Å². The van der Waals surface area contributed by atoms with Crippen LogP contribution in [0.1, 0.15) is 20.8 Å². The summed E-state index contributed by atoms with van der Waals surface area (Å²) in [4.78, 5) is 1.94. The minimum absolute atomic E-state index is 0.0339. The molecule has 1 aliphatic rings. The molecule has 0 aromatic carbocycles. The normalized spacial score (nSPS) is 20.6. The Kier molecular flexibility index (Phi) is 4.84. The topological polar surface area (TPSA) is 47.3 Å². The lowest BCUT2D eigenvalue weighted by atomic mass is 10.1. The molecular formula is C8H16N2O. The largest absolute Gasteiger partial charge is 0.390 e. The molecule has 1 rings (SSSR count). The minimum Gasteiger partial charge on any atom is -0.390 e. The second kappa shape index (κ2) is 5.11. The van der Waals surface area contributed by atoms with Crippen molar-refractivity contribution in [3.63, 3.8) is 0 Å². The Hall–Kier alpha value is -0.590. The first-order valence-corrected chi connectivity index (χ1v) is 4.05. The second-order valence-electron chi connectivity index (χ2n) is 2.41. The first kappa shape index (κ1) is 10.4. The van der Waals surface area contributed by atoms with Gasteiger partial charge in [0, 0.05) is 13.1 Å². The fourth-order valence-electron chi connectivity index (χ4n) is 0.886. The average Bonchev–Trinajstić information content (AvgIpc) is 2.01. The molecule has 0 amide bonds. The molecule has 3 heteroatoms. The summed E-state index contributed by atoms with van der Waals surface area (Å²) < 4.78 is 0. The van der Waals surface area contributed by atoms with E-state index in [9.17, 15) is 0 Å². The number of nitriles is 1. The van der Waals surface area contributed by atoms with Crippen LogP contribution in [0.4, 0.5) is 0 Å². The molecule has 11 heavy (non-hydrogen) atoms. The third-order valence-corrected chi connectivity index (χ3v) is 1.63. The van der Waals surface area contributed by atoms with Gasteiger partial charge < -0.3 is 5.11 Å². The molecule has 1 unspecified atom stereocenters. The van der Waals surface area contributed by atoms with Crippen LogP contribution in [0, 0.1) is 11.3 Å². The highest BCUT2D eigenvalue weighted by atomic mass is 16.3. The van der Waals surface area contributed by atoms with Gasteiger partial charge in [-0.25, -0.2) is 0 Å². The molecule has 1 N–H and O–H groups in total. The van der Waals surface area contributed by atoms with Crippen LogP contribution < -0.4 is 0 Å². The molecule has 0 aromatic rings. The van der Waals surface area contributed by atoms with E-state index in [1.807, 2.05) is 25.7 Å². The van der Waals surface area contributed by atoms with Gasteiger partial charge in [-0.3, -0.25) is 4.90 Å². The molecule has 64 valence electrons. The lowest BCUT2D eigenvalue weighted by Gasteiger charge is -2.37. The molecule has 1 fully saturated rings. The van der Waals surface area contributed by atoms with Crippen molar-refractivity contribution in [2.45, 2.75) is 32.9 Å². The van der Waals surface area contributed by atoms with Crippen molar-refractivity contribution < 1.29 is 5.11 Å². The highest BCUT2D eigenvalue weighted by Gasteiger charge is 2.27. The number of hydrogen-bond acceptors (Lipinski definition) is 3. The van der Waals surface area contributed by atoms with Gasteiger partial charge in [0.1, 0.15) is 0 Å². The predicted octanol–water partition coefficient (Wildman–Crippen LogP) is 0.601. The monoisotopic (exact) mass is 156 g/mol. The van der Waals surface area contributed by atoms with Crippen LogP contribution in [-0.2, 0) is 0 Å². The van der Waals surface area contributed by atoms with Crippen LogP contribution in [0.25, 0.3) is 0 Å². The molecule has 0 aromatic heterocycles. The first-order valence-electron chi connectivity index (χ1n) is 4.05. The summed E-state index contributed by atoms with van der Waals surface area (Å²) in [5, 5.41) is 17.2. The standard InChI is InChI=1S/C6H10N2O.C2H6/c1-5(2-7)8-3-6(9)4-8;1-2/h5-6,9H,3-4H2,1H3;1-2H3. The Balaban J connectivity index is 0.000000461. The number of rotatable bonds is 1. The van der Waals surface area contributed by atoms with Crippen molar-refractivity contribution in [3.8, 4) is 6.07 Å². The van der Waals surface area contributed by atoms with Crippen molar-refractivity contribution in [2.24, 2.45) is 0 Å². The Morgan fingerprint density at radius 3 is 2.27 bits per heavy atom. The van der Waals surface area contributed by atoms with Crippen LogP contribution in [0.15, 0.2) is 0 Å².